The van der Waals surface area contributed by atoms with Gasteiger partial charge in [0.2, 0.25) is 0 Å². The van der Waals surface area contributed by atoms with Gasteiger partial charge in [0.1, 0.15) is 0 Å². The van der Waals surface area contributed by atoms with Gasteiger partial charge in [-0.2, -0.15) is 9.89 Å². The minimum absolute atomic E-state index is 0.365. The number of hydrogen-bond donors (Lipinski definition) is 1. The number of rotatable bonds is 1. The van der Waals surface area contributed by atoms with Gasteiger partial charge in [-0.25, -0.2) is 0 Å². The van der Waals surface area contributed by atoms with E-state index < -0.39 is 0 Å². The van der Waals surface area contributed by atoms with Crippen molar-refractivity contribution >= 4 is 11.6 Å². The highest BCUT2D eigenvalue weighted by Crippen LogP contribution is 2.14. The first-order chi connectivity index (χ1) is 6.25. The Kier molecular flexibility index (Phi) is 1.86. The molecule has 0 amide bonds. The Morgan fingerprint density at radius 3 is 2.69 bits per heavy atom. The van der Waals surface area contributed by atoms with Crippen molar-refractivity contribution in [2.45, 2.75) is 0 Å². The second-order valence-corrected chi connectivity index (χ2v) is 2.84. The molecule has 0 radical (unpaired) electrons. The van der Waals surface area contributed by atoms with E-state index >= 15 is 0 Å². The summed E-state index contributed by atoms with van der Waals surface area (Å²) in [6.45, 7) is 0. The van der Waals surface area contributed by atoms with Crippen LogP contribution in [-0.4, -0.2) is 20.1 Å². The van der Waals surface area contributed by atoms with Crippen LogP contribution in [0.15, 0.2) is 24.5 Å². The van der Waals surface area contributed by atoms with Crippen LogP contribution >= 0.6 is 11.6 Å². The predicted octanol–water partition coefficient (Wildman–Crippen LogP) is 0.707. The average molecular weight is 196 g/mol. The minimum Gasteiger partial charge on any atom is -0.323 e. The topological polar surface area (TPSA) is 69.6 Å². The summed E-state index contributed by atoms with van der Waals surface area (Å²) in [6, 6.07) is 3.42. The molecule has 0 atom stereocenters. The SMILES string of the molecule is Nn1cc(-c2ccc(Cl)nn2)cn1. The van der Waals surface area contributed by atoms with E-state index in [-0.39, 0.29) is 0 Å². The quantitative estimate of drug-likeness (QED) is 0.681. The van der Waals surface area contributed by atoms with E-state index in [1.165, 1.54) is 4.79 Å². The highest BCUT2D eigenvalue weighted by Gasteiger charge is 2.01. The highest BCUT2D eigenvalue weighted by atomic mass is 35.5. The molecule has 0 aliphatic carbocycles. The van der Waals surface area contributed by atoms with Gasteiger partial charge in [0.05, 0.1) is 18.1 Å². The summed E-state index contributed by atoms with van der Waals surface area (Å²) < 4.78 is 0. The molecule has 0 unspecified atom stereocenters. The summed E-state index contributed by atoms with van der Waals surface area (Å²) in [5.41, 5.74) is 1.51. The first-order valence-corrected chi connectivity index (χ1v) is 3.93. The molecule has 0 aromatic carbocycles. The summed E-state index contributed by atoms with van der Waals surface area (Å²) in [6.07, 6.45) is 3.26. The summed E-state index contributed by atoms with van der Waals surface area (Å²) in [5, 5.41) is 11.7. The molecule has 2 heterocycles. The Balaban J connectivity index is 2.41. The fourth-order valence-electron chi connectivity index (χ4n) is 0.940. The average Bonchev–Trinajstić information content (AvgIpc) is 2.53. The Labute approximate surface area is 79.1 Å². The summed E-state index contributed by atoms with van der Waals surface area (Å²) in [4.78, 5) is 1.21. The molecule has 13 heavy (non-hydrogen) atoms. The summed E-state index contributed by atoms with van der Waals surface area (Å²) in [5.74, 6) is 5.38. The maximum absolute atomic E-state index is 5.59. The monoisotopic (exact) mass is 195 g/mol. The number of hydrogen-bond acceptors (Lipinski definition) is 4. The van der Waals surface area contributed by atoms with Crippen molar-refractivity contribution in [2.75, 3.05) is 5.84 Å². The zero-order chi connectivity index (χ0) is 9.26. The molecule has 0 aliphatic rings. The van der Waals surface area contributed by atoms with Crippen LogP contribution in [0.1, 0.15) is 0 Å². The zero-order valence-electron chi connectivity index (χ0n) is 6.55. The van der Waals surface area contributed by atoms with Gasteiger partial charge in [-0.15, -0.1) is 10.2 Å². The van der Waals surface area contributed by atoms with E-state index in [0.717, 1.165) is 5.56 Å². The molecule has 2 aromatic rings. The molecule has 6 heteroatoms. The lowest BCUT2D eigenvalue weighted by atomic mass is 10.2. The van der Waals surface area contributed by atoms with Crippen LogP contribution in [0, 0.1) is 0 Å². The van der Waals surface area contributed by atoms with Gasteiger partial charge in [0, 0.05) is 5.56 Å². The van der Waals surface area contributed by atoms with E-state index in [2.05, 4.69) is 15.3 Å². The van der Waals surface area contributed by atoms with Crippen LogP contribution in [-0.2, 0) is 0 Å². The first-order valence-electron chi connectivity index (χ1n) is 3.55. The Hall–Kier alpha value is -1.62. The van der Waals surface area contributed by atoms with Crippen LogP contribution in [0.2, 0.25) is 5.15 Å². The van der Waals surface area contributed by atoms with Crippen molar-refractivity contribution < 1.29 is 0 Å². The number of aromatic nitrogens is 4. The first kappa shape index (κ1) is 8.00. The van der Waals surface area contributed by atoms with Gasteiger partial charge in [0.15, 0.2) is 5.15 Å². The van der Waals surface area contributed by atoms with Crippen LogP contribution in [0.5, 0.6) is 0 Å². The van der Waals surface area contributed by atoms with Crippen LogP contribution in [0.3, 0.4) is 0 Å². The van der Waals surface area contributed by atoms with Gasteiger partial charge < -0.3 is 5.84 Å². The minimum atomic E-state index is 0.365. The molecule has 2 N–H and O–H groups in total. The fraction of sp³-hybridized carbons (Fsp3) is 0. The van der Waals surface area contributed by atoms with Gasteiger partial charge >= 0.3 is 0 Å². The molecule has 0 fully saturated rings. The number of halogens is 1. The Bertz CT molecular complexity index is 407. The van der Waals surface area contributed by atoms with Gasteiger partial charge in [0.25, 0.3) is 0 Å². The van der Waals surface area contributed by atoms with E-state index in [1.54, 1.807) is 24.5 Å². The molecular formula is C7H6ClN5. The molecule has 0 bridgehead atoms. The van der Waals surface area contributed by atoms with E-state index in [0.29, 0.717) is 10.8 Å². The van der Waals surface area contributed by atoms with Gasteiger partial charge in [-0.05, 0) is 12.1 Å². The molecule has 0 aliphatic heterocycles. The summed E-state index contributed by atoms with van der Waals surface area (Å²) in [7, 11) is 0. The third-order valence-corrected chi connectivity index (χ3v) is 1.73. The lowest BCUT2D eigenvalue weighted by molar-refractivity contribution is 0.832. The van der Waals surface area contributed by atoms with Crippen molar-refractivity contribution in [2.24, 2.45) is 0 Å². The second kappa shape index (κ2) is 3.02. The lowest BCUT2D eigenvalue weighted by Gasteiger charge is -1.93. The largest absolute Gasteiger partial charge is 0.323 e. The molecule has 66 valence electrons. The number of nitrogens with zero attached hydrogens (tertiary/aromatic N) is 4. The predicted molar refractivity (Wildman–Crippen MR) is 48.4 cm³/mol. The maximum Gasteiger partial charge on any atom is 0.151 e. The van der Waals surface area contributed by atoms with Gasteiger partial charge in [-0.3, -0.25) is 0 Å². The molecule has 0 spiro atoms. The Morgan fingerprint density at radius 1 is 1.31 bits per heavy atom. The third-order valence-electron chi connectivity index (χ3n) is 1.53. The normalized spacial score (nSPS) is 10.2. The van der Waals surface area contributed by atoms with Crippen molar-refractivity contribution in [3.63, 3.8) is 0 Å². The van der Waals surface area contributed by atoms with Crippen LogP contribution < -0.4 is 5.84 Å². The van der Waals surface area contributed by atoms with Crippen LogP contribution in [0.25, 0.3) is 11.3 Å². The number of nitrogens with two attached hydrogens (primary N) is 1. The van der Waals surface area contributed by atoms with Crippen molar-refractivity contribution in [1.29, 1.82) is 0 Å². The molecule has 2 aromatic heterocycles. The number of nitrogen functional groups attached to an aromatic ring is 1. The highest BCUT2D eigenvalue weighted by molar-refractivity contribution is 6.29. The molecule has 2 rings (SSSR count). The molecule has 5 nitrogen and oxygen atoms in total. The molecule has 0 saturated heterocycles. The third kappa shape index (κ3) is 1.59. The van der Waals surface area contributed by atoms with E-state index in [4.69, 9.17) is 17.4 Å². The van der Waals surface area contributed by atoms with Crippen molar-refractivity contribution in [1.82, 2.24) is 20.1 Å². The smallest absolute Gasteiger partial charge is 0.151 e. The maximum atomic E-state index is 5.59. The fourth-order valence-corrected chi connectivity index (χ4v) is 1.04. The zero-order valence-corrected chi connectivity index (χ0v) is 7.31. The van der Waals surface area contributed by atoms with E-state index in [1.807, 2.05) is 0 Å². The van der Waals surface area contributed by atoms with E-state index in [9.17, 15) is 0 Å². The standard InChI is InChI=1S/C7H6ClN5/c8-7-2-1-6(11-12-7)5-3-10-13(9)4-5/h1-4H,9H2. The summed E-state index contributed by atoms with van der Waals surface area (Å²) >= 11 is 5.59. The Morgan fingerprint density at radius 2 is 2.15 bits per heavy atom. The van der Waals surface area contributed by atoms with Crippen molar-refractivity contribution in [3.05, 3.63) is 29.7 Å². The molecule has 0 saturated carbocycles. The second-order valence-electron chi connectivity index (χ2n) is 2.45. The van der Waals surface area contributed by atoms with Crippen molar-refractivity contribution in [3.8, 4) is 11.3 Å². The van der Waals surface area contributed by atoms with Crippen LogP contribution in [0.4, 0.5) is 0 Å². The van der Waals surface area contributed by atoms with Gasteiger partial charge in [-0.1, -0.05) is 11.6 Å². The molecular weight excluding hydrogens is 190 g/mol. The lowest BCUT2D eigenvalue weighted by Crippen LogP contribution is -2.07.